The molecule has 0 radical (unpaired) electrons. The third-order valence-electron chi connectivity index (χ3n) is 5.36. The fraction of sp³-hybridized carbons (Fsp3) is 0. The molecule has 7 nitrogen and oxygen atoms in total. The van der Waals surface area contributed by atoms with Crippen molar-refractivity contribution in [2.45, 2.75) is 4.90 Å². The van der Waals surface area contributed by atoms with Crippen molar-refractivity contribution < 1.29 is 23.2 Å². The first-order valence-corrected chi connectivity index (χ1v) is 11.1. The van der Waals surface area contributed by atoms with E-state index in [1.165, 1.54) is 6.07 Å². The molecule has 0 aliphatic heterocycles. The monoisotopic (exact) mass is 444 g/mol. The van der Waals surface area contributed by atoms with Gasteiger partial charge in [0.2, 0.25) is 0 Å². The molecule has 0 amide bonds. The van der Waals surface area contributed by atoms with Crippen LogP contribution in [0.1, 0.15) is 0 Å². The van der Waals surface area contributed by atoms with E-state index >= 15 is 0 Å². The topological polar surface area (TPSA) is 120 Å². The Kier molecular flexibility index (Phi) is 4.54. The zero-order valence-corrected chi connectivity index (χ0v) is 17.3. The summed E-state index contributed by atoms with van der Waals surface area (Å²) < 4.78 is 33.1. The Bertz CT molecular complexity index is 1680. The largest absolute Gasteiger partial charge is 0.506 e. The normalized spacial score (nSPS) is 12.3. The molecule has 158 valence electrons. The fourth-order valence-electron chi connectivity index (χ4n) is 3.94. The number of phenolic OH excluding ortho intramolecular Hbond substituents is 2. The summed E-state index contributed by atoms with van der Waals surface area (Å²) >= 11 is 0. The average molecular weight is 444 g/mol. The van der Waals surface area contributed by atoms with E-state index in [1.54, 1.807) is 24.3 Å². The number of phenols is 2. The Hall–Kier alpha value is -4.01. The van der Waals surface area contributed by atoms with E-state index in [9.17, 15) is 23.2 Å². The van der Waals surface area contributed by atoms with Crippen molar-refractivity contribution in [2.24, 2.45) is 10.2 Å². The van der Waals surface area contributed by atoms with E-state index in [-0.39, 0.29) is 27.9 Å². The van der Waals surface area contributed by atoms with Crippen LogP contribution >= 0.6 is 0 Å². The predicted molar refractivity (Wildman–Crippen MR) is 123 cm³/mol. The average Bonchev–Trinajstić information content (AvgIpc) is 2.79. The van der Waals surface area contributed by atoms with Gasteiger partial charge < -0.3 is 10.2 Å². The predicted octanol–water partition coefficient (Wildman–Crippen LogP) is 6.22. The van der Waals surface area contributed by atoms with Gasteiger partial charge in [-0.3, -0.25) is 4.55 Å². The molecule has 0 atom stereocenters. The van der Waals surface area contributed by atoms with E-state index in [0.29, 0.717) is 10.8 Å². The van der Waals surface area contributed by atoms with Gasteiger partial charge >= 0.3 is 0 Å². The van der Waals surface area contributed by atoms with Crippen molar-refractivity contribution in [2.75, 3.05) is 0 Å². The lowest BCUT2D eigenvalue weighted by Gasteiger charge is -2.11. The van der Waals surface area contributed by atoms with Crippen molar-refractivity contribution in [1.82, 2.24) is 0 Å². The first-order valence-electron chi connectivity index (χ1n) is 9.62. The second kappa shape index (κ2) is 7.30. The molecular formula is C24H16N2O5S. The van der Waals surface area contributed by atoms with Crippen molar-refractivity contribution in [3.8, 4) is 11.5 Å². The van der Waals surface area contributed by atoms with Crippen LogP contribution in [0.3, 0.4) is 0 Å². The van der Waals surface area contributed by atoms with Crippen LogP contribution in [0.5, 0.6) is 11.5 Å². The molecule has 0 bridgehead atoms. The van der Waals surface area contributed by atoms with Gasteiger partial charge in [-0.2, -0.15) is 8.42 Å². The molecule has 0 aliphatic carbocycles. The Morgan fingerprint density at radius 3 is 1.62 bits per heavy atom. The zero-order valence-electron chi connectivity index (χ0n) is 16.5. The Labute approximate surface area is 182 Å². The summed E-state index contributed by atoms with van der Waals surface area (Å²) in [5.41, 5.74) is 0.242. The van der Waals surface area contributed by atoms with Crippen LogP contribution in [-0.2, 0) is 10.1 Å². The smallest absolute Gasteiger partial charge is 0.295 e. The fourth-order valence-corrected chi connectivity index (χ4v) is 4.65. The minimum absolute atomic E-state index is 0.0182. The highest BCUT2D eigenvalue weighted by Gasteiger charge is 2.20. The second-order valence-electron chi connectivity index (χ2n) is 7.25. The number of rotatable bonds is 3. The lowest BCUT2D eigenvalue weighted by Crippen LogP contribution is -1.99. The lowest BCUT2D eigenvalue weighted by atomic mass is 9.99. The number of nitrogens with zero attached hydrogens (tertiary/aromatic N) is 2. The van der Waals surface area contributed by atoms with Gasteiger partial charge in [0.05, 0.1) is 0 Å². The standard InChI is InChI=1S/C24H16N2O5S/c27-20-13-21(32(29,30)31)16-9-3-5-11-18(16)22(20)25-26-23-17-10-4-1-7-14(17)15-8-2-6-12-19(15)24(23)28/h1-13,27-28H,(H,29,30,31)/b26-25+. The number of aromatic hydroxyl groups is 2. The van der Waals surface area contributed by atoms with Crippen LogP contribution in [0.4, 0.5) is 11.4 Å². The molecule has 0 saturated carbocycles. The summed E-state index contributed by atoms with van der Waals surface area (Å²) in [6.45, 7) is 0. The van der Waals surface area contributed by atoms with Crippen LogP contribution in [-0.4, -0.2) is 23.2 Å². The quantitative estimate of drug-likeness (QED) is 0.173. The highest BCUT2D eigenvalue weighted by Crippen LogP contribution is 2.45. The minimum atomic E-state index is -4.57. The molecule has 5 aromatic carbocycles. The number of hydrogen-bond acceptors (Lipinski definition) is 6. The molecule has 0 aromatic heterocycles. The zero-order chi connectivity index (χ0) is 22.5. The van der Waals surface area contributed by atoms with Gasteiger partial charge in [-0.1, -0.05) is 72.8 Å². The van der Waals surface area contributed by atoms with Gasteiger partial charge in [0.1, 0.15) is 22.0 Å². The van der Waals surface area contributed by atoms with Gasteiger partial charge in [-0.25, -0.2) is 0 Å². The highest BCUT2D eigenvalue weighted by molar-refractivity contribution is 7.86. The minimum Gasteiger partial charge on any atom is -0.506 e. The summed E-state index contributed by atoms with van der Waals surface area (Å²) in [4.78, 5) is -0.427. The number of benzene rings is 5. The maximum atomic E-state index is 11.8. The molecule has 8 heteroatoms. The summed E-state index contributed by atoms with van der Waals surface area (Å²) in [7, 11) is -4.57. The van der Waals surface area contributed by atoms with Crippen LogP contribution in [0.15, 0.2) is 94.0 Å². The van der Waals surface area contributed by atoms with Gasteiger partial charge in [0, 0.05) is 27.6 Å². The van der Waals surface area contributed by atoms with Gasteiger partial charge in [0.25, 0.3) is 10.1 Å². The SMILES string of the molecule is O=S(=O)(O)c1cc(O)c(/N=N/c2c(O)c3ccccc3c3ccccc23)c2ccccc12. The first kappa shape index (κ1) is 19.9. The molecule has 0 fully saturated rings. The maximum absolute atomic E-state index is 11.8. The van der Waals surface area contributed by atoms with Gasteiger partial charge in [-0.15, -0.1) is 10.2 Å². The van der Waals surface area contributed by atoms with Crippen molar-refractivity contribution in [3.63, 3.8) is 0 Å². The molecule has 5 aromatic rings. The van der Waals surface area contributed by atoms with E-state index in [0.717, 1.165) is 16.8 Å². The number of azo groups is 1. The van der Waals surface area contributed by atoms with E-state index in [2.05, 4.69) is 10.2 Å². The molecule has 32 heavy (non-hydrogen) atoms. The molecule has 0 heterocycles. The third-order valence-corrected chi connectivity index (χ3v) is 6.26. The molecule has 0 unspecified atom stereocenters. The van der Waals surface area contributed by atoms with Crippen molar-refractivity contribution in [3.05, 3.63) is 78.9 Å². The molecular weight excluding hydrogens is 428 g/mol. The summed E-state index contributed by atoms with van der Waals surface area (Å²) in [6.07, 6.45) is 0. The van der Waals surface area contributed by atoms with Crippen LogP contribution in [0, 0.1) is 0 Å². The summed E-state index contributed by atoms with van der Waals surface area (Å²) in [5, 5.41) is 33.4. The molecule has 3 N–H and O–H groups in total. The van der Waals surface area contributed by atoms with Crippen LogP contribution < -0.4 is 0 Å². The summed E-state index contributed by atoms with van der Waals surface area (Å²) in [6, 6.07) is 22.1. The van der Waals surface area contributed by atoms with E-state index in [1.807, 2.05) is 42.5 Å². The van der Waals surface area contributed by atoms with Crippen molar-refractivity contribution >= 4 is 53.8 Å². The number of hydrogen-bond donors (Lipinski definition) is 3. The third kappa shape index (κ3) is 3.13. The van der Waals surface area contributed by atoms with Crippen molar-refractivity contribution in [1.29, 1.82) is 0 Å². The second-order valence-corrected chi connectivity index (χ2v) is 8.64. The Morgan fingerprint density at radius 2 is 1.03 bits per heavy atom. The lowest BCUT2D eigenvalue weighted by molar-refractivity contribution is 0.468. The Balaban J connectivity index is 1.79. The van der Waals surface area contributed by atoms with Crippen LogP contribution in [0.25, 0.3) is 32.3 Å². The first-order chi connectivity index (χ1) is 15.4. The van der Waals surface area contributed by atoms with E-state index in [4.69, 9.17) is 0 Å². The summed E-state index contributed by atoms with van der Waals surface area (Å²) in [5.74, 6) is -0.522. The molecule has 5 rings (SSSR count). The number of fused-ring (bicyclic) bond motifs is 4. The van der Waals surface area contributed by atoms with Crippen LogP contribution in [0.2, 0.25) is 0 Å². The highest BCUT2D eigenvalue weighted by atomic mass is 32.2. The van der Waals surface area contributed by atoms with E-state index < -0.39 is 20.8 Å². The van der Waals surface area contributed by atoms with Gasteiger partial charge in [0.15, 0.2) is 5.75 Å². The molecule has 0 spiro atoms. The molecule has 0 saturated heterocycles. The maximum Gasteiger partial charge on any atom is 0.295 e. The van der Waals surface area contributed by atoms with Gasteiger partial charge in [-0.05, 0) is 10.8 Å². The molecule has 0 aliphatic rings. The Morgan fingerprint density at radius 1 is 0.594 bits per heavy atom.